The minimum atomic E-state index is -0.949. The van der Waals surface area contributed by atoms with E-state index in [0.29, 0.717) is 12.2 Å². The van der Waals surface area contributed by atoms with Crippen molar-refractivity contribution in [3.8, 4) is 5.75 Å². The van der Waals surface area contributed by atoms with Crippen molar-refractivity contribution in [2.24, 2.45) is 0 Å². The summed E-state index contributed by atoms with van der Waals surface area (Å²) in [6.07, 6.45) is 0.454. The number of carboxylic acid groups (broad SMARTS) is 1. The first-order chi connectivity index (χ1) is 10.1. The predicted octanol–water partition coefficient (Wildman–Crippen LogP) is 3.63. The summed E-state index contributed by atoms with van der Waals surface area (Å²) in [6.45, 7) is 4.07. The smallest absolute Gasteiger partial charge is 0.345 e. The first-order valence-corrected chi connectivity index (χ1v) is 7.12. The van der Waals surface area contributed by atoms with Gasteiger partial charge in [0, 0.05) is 6.42 Å². The fourth-order valence-electron chi connectivity index (χ4n) is 2.09. The summed E-state index contributed by atoms with van der Waals surface area (Å²) in [5, 5.41) is 9.33. The lowest BCUT2D eigenvalue weighted by Crippen LogP contribution is -2.29. The quantitative estimate of drug-likeness (QED) is 0.881. The molecule has 0 saturated carbocycles. The highest BCUT2D eigenvalue weighted by Crippen LogP contribution is 2.16. The van der Waals surface area contributed by atoms with Gasteiger partial charge in [0.1, 0.15) is 5.75 Å². The van der Waals surface area contributed by atoms with Crippen molar-refractivity contribution in [1.29, 1.82) is 0 Å². The van der Waals surface area contributed by atoms with Crippen LogP contribution in [0.3, 0.4) is 0 Å². The number of hydrogen-bond donors (Lipinski definition) is 1. The van der Waals surface area contributed by atoms with E-state index in [1.54, 1.807) is 12.1 Å². The molecule has 0 heterocycles. The summed E-state index contributed by atoms with van der Waals surface area (Å²) >= 11 is 0. The third kappa shape index (κ3) is 4.35. The Morgan fingerprint density at radius 1 is 1.05 bits per heavy atom. The molecule has 0 aliphatic rings. The van der Waals surface area contributed by atoms with E-state index in [1.165, 1.54) is 5.56 Å². The van der Waals surface area contributed by atoms with Crippen LogP contribution >= 0.6 is 0 Å². The van der Waals surface area contributed by atoms with Crippen molar-refractivity contribution in [2.75, 3.05) is 0 Å². The molecule has 2 aromatic carbocycles. The molecule has 0 spiro atoms. The van der Waals surface area contributed by atoms with Gasteiger partial charge in [0.25, 0.3) is 0 Å². The van der Waals surface area contributed by atoms with Gasteiger partial charge in [-0.3, -0.25) is 0 Å². The van der Waals surface area contributed by atoms with Gasteiger partial charge in [-0.1, -0.05) is 48.9 Å². The molecule has 2 rings (SSSR count). The normalized spacial score (nSPS) is 11.9. The highest BCUT2D eigenvalue weighted by atomic mass is 16.5. The Labute approximate surface area is 125 Å². The van der Waals surface area contributed by atoms with Crippen LogP contribution < -0.4 is 4.74 Å². The van der Waals surface area contributed by atoms with Gasteiger partial charge in [0.2, 0.25) is 0 Å². The summed E-state index contributed by atoms with van der Waals surface area (Å²) in [4.78, 5) is 11.4. The average Bonchev–Trinajstić information content (AvgIpc) is 2.49. The Kier molecular flexibility index (Phi) is 4.99. The summed E-state index contributed by atoms with van der Waals surface area (Å²) < 4.78 is 5.59. The number of aliphatic carboxylic acids is 1. The molecule has 0 unspecified atom stereocenters. The molecule has 0 aliphatic heterocycles. The molecule has 0 fully saturated rings. The molecule has 0 amide bonds. The molecule has 3 nitrogen and oxygen atoms in total. The molecule has 21 heavy (non-hydrogen) atoms. The Bertz CT molecular complexity index is 585. The zero-order valence-electron chi connectivity index (χ0n) is 12.4. The zero-order valence-corrected chi connectivity index (χ0v) is 12.4. The van der Waals surface area contributed by atoms with Crippen molar-refractivity contribution in [1.82, 2.24) is 0 Å². The van der Waals surface area contributed by atoms with Crippen LogP contribution in [0.5, 0.6) is 5.75 Å². The minimum absolute atomic E-state index is 0.354. The van der Waals surface area contributed by atoms with Crippen LogP contribution in [0.25, 0.3) is 0 Å². The molecule has 1 atom stereocenters. The number of benzene rings is 2. The Hall–Kier alpha value is -2.29. The van der Waals surface area contributed by atoms with Crippen LogP contribution in [0.2, 0.25) is 0 Å². The van der Waals surface area contributed by atoms with Crippen molar-refractivity contribution in [2.45, 2.75) is 32.8 Å². The van der Waals surface area contributed by atoms with Crippen LogP contribution in [0.15, 0.2) is 48.5 Å². The van der Waals surface area contributed by atoms with Crippen molar-refractivity contribution in [3.05, 3.63) is 65.2 Å². The van der Waals surface area contributed by atoms with E-state index in [-0.39, 0.29) is 0 Å². The molecule has 110 valence electrons. The lowest BCUT2D eigenvalue weighted by molar-refractivity contribution is -0.145. The Morgan fingerprint density at radius 3 is 2.14 bits per heavy atom. The number of ether oxygens (including phenoxy) is 1. The number of carboxylic acids is 1. The molecule has 1 N–H and O–H groups in total. The Balaban J connectivity index is 2.07. The molecule has 0 saturated heterocycles. The van der Waals surface area contributed by atoms with Crippen molar-refractivity contribution >= 4 is 5.97 Å². The van der Waals surface area contributed by atoms with E-state index in [2.05, 4.69) is 6.92 Å². The summed E-state index contributed by atoms with van der Waals surface area (Å²) in [5.41, 5.74) is 3.32. The van der Waals surface area contributed by atoms with E-state index < -0.39 is 12.1 Å². The van der Waals surface area contributed by atoms with Gasteiger partial charge < -0.3 is 9.84 Å². The highest BCUT2D eigenvalue weighted by Gasteiger charge is 2.20. The van der Waals surface area contributed by atoms with E-state index >= 15 is 0 Å². The molecule has 0 aromatic heterocycles. The SMILES string of the molecule is CCc1ccc(C[C@@H](Oc2ccc(C)cc2)C(=O)O)cc1. The van der Waals surface area contributed by atoms with Crippen molar-refractivity contribution in [3.63, 3.8) is 0 Å². The maximum absolute atomic E-state index is 11.4. The first kappa shape index (κ1) is 15.1. The van der Waals surface area contributed by atoms with Gasteiger partial charge in [-0.2, -0.15) is 0 Å². The van der Waals surface area contributed by atoms with E-state index in [1.807, 2.05) is 43.3 Å². The largest absolute Gasteiger partial charge is 0.478 e. The maximum atomic E-state index is 11.4. The van der Waals surface area contributed by atoms with Crippen LogP contribution in [0.1, 0.15) is 23.6 Å². The van der Waals surface area contributed by atoms with Gasteiger partial charge in [-0.15, -0.1) is 0 Å². The Morgan fingerprint density at radius 2 is 1.62 bits per heavy atom. The monoisotopic (exact) mass is 284 g/mol. The zero-order chi connectivity index (χ0) is 15.2. The fraction of sp³-hybridized carbons (Fsp3) is 0.278. The average molecular weight is 284 g/mol. The molecule has 0 bridgehead atoms. The lowest BCUT2D eigenvalue weighted by Gasteiger charge is -2.15. The second kappa shape index (κ2) is 6.93. The molecule has 2 aromatic rings. The third-order valence-corrected chi connectivity index (χ3v) is 3.43. The predicted molar refractivity (Wildman–Crippen MR) is 82.8 cm³/mol. The number of hydrogen-bond acceptors (Lipinski definition) is 2. The second-order valence-electron chi connectivity index (χ2n) is 5.13. The van der Waals surface area contributed by atoms with E-state index in [4.69, 9.17) is 4.74 Å². The summed E-state index contributed by atoms with van der Waals surface area (Å²) in [7, 11) is 0. The van der Waals surface area contributed by atoms with Gasteiger partial charge in [-0.25, -0.2) is 4.79 Å². The van der Waals surface area contributed by atoms with Gasteiger partial charge in [-0.05, 0) is 36.6 Å². The number of rotatable bonds is 6. The standard InChI is InChI=1S/C18H20O3/c1-3-14-6-8-15(9-7-14)12-17(18(19)20)21-16-10-4-13(2)5-11-16/h4-11,17H,3,12H2,1-2H3,(H,19,20)/t17-/m1/s1. The topological polar surface area (TPSA) is 46.5 Å². The third-order valence-electron chi connectivity index (χ3n) is 3.43. The number of carbonyl (C=O) groups is 1. The van der Waals surface area contributed by atoms with Gasteiger partial charge >= 0.3 is 5.97 Å². The first-order valence-electron chi connectivity index (χ1n) is 7.12. The molecule has 3 heteroatoms. The summed E-state index contributed by atoms with van der Waals surface area (Å²) in [5.74, 6) is -0.367. The maximum Gasteiger partial charge on any atom is 0.345 e. The van der Waals surface area contributed by atoms with Gasteiger partial charge in [0.15, 0.2) is 6.10 Å². The van der Waals surface area contributed by atoms with Crippen LogP contribution in [0, 0.1) is 6.92 Å². The second-order valence-corrected chi connectivity index (χ2v) is 5.13. The number of aryl methyl sites for hydroxylation is 2. The summed E-state index contributed by atoms with van der Waals surface area (Å²) in [6, 6.07) is 15.4. The van der Waals surface area contributed by atoms with Crippen LogP contribution in [-0.2, 0) is 17.6 Å². The molecule has 0 radical (unpaired) electrons. The minimum Gasteiger partial charge on any atom is -0.478 e. The lowest BCUT2D eigenvalue weighted by atomic mass is 10.0. The molecule has 0 aliphatic carbocycles. The van der Waals surface area contributed by atoms with Crippen LogP contribution in [-0.4, -0.2) is 17.2 Å². The van der Waals surface area contributed by atoms with Crippen LogP contribution in [0.4, 0.5) is 0 Å². The van der Waals surface area contributed by atoms with Crippen molar-refractivity contribution < 1.29 is 14.6 Å². The van der Waals surface area contributed by atoms with E-state index in [9.17, 15) is 9.90 Å². The molecular formula is C18H20O3. The van der Waals surface area contributed by atoms with Gasteiger partial charge in [0.05, 0.1) is 0 Å². The molecular weight excluding hydrogens is 264 g/mol. The van der Waals surface area contributed by atoms with E-state index in [0.717, 1.165) is 17.5 Å². The fourth-order valence-corrected chi connectivity index (χ4v) is 2.09. The highest BCUT2D eigenvalue weighted by molar-refractivity contribution is 5.73.